The van der Waals surface area contributed by atoms with E-state index < -0.39 is 24.1 Å². The number of nitrogens with one attached hydrogen (secondary N) is 2. The number of urea groups is 1. The number of hydrogen-bond acceptors (Lipinski definition) is 3. The average Bonchev–Trinajstić information content (AvgIpc) is 2.77. The Morgan fingerprint density at radius 3 is 2.52 bits per heavy atom. The normalized spacial score (nSPS) is 19.2. The third-order valence-electron chi connectivity index (χ3n) is 3.39. The Morgan fingerprint density at radius 2 is 2.00 bits per heavy atom. The quantitative estimate of drug-likeness (QED) is 0.745. The van der Waals surface area contributed by atoms with E-state index in [4.69, 9.17) is 0 Å². The fourth-order valence-electron chi connectivity index (χ4n) is 2.22. The number of carbonyl (C=O) groups is 3. The first kappa shape index (κ1) is 14.8. The molecule has 7 heteroatoms. The van der Waals surface area contributed by atoms with Gasteiger partial charge < -0.3 is 20.6 Å². The molecule has 3 amide bonds. The second kappa shape index (κ2) is 6.25. The van der Waals surface area contributed by atoms with Crippen molar-refractivity contribution in [1.29, 1.82) is 0 Å². The van der Waals surface area contributed by atoms with Crippen molar-refractivity contribution in [1.82, 2.24) is 15.5 Å². The van der Waals surface area contributed by atoms with Crippen LogP contribution in [0.3, 0.4) is 0 Å². The van der Waals surface area contributed by atoms with Crippen LogP contribution in [0.15, 0.2) is 30.3 Å². The Hall–Kier alpha value is -2.57. The summed E-state index contributed by atoms with van der Waals surface area (Å²) in [4.78, 5) is 36.4. The van der Waals surface area contributed by atoms with Crippen LogP contribution in [0.2, 0.25) is 0 Å². The highest BCUT2D eigenvalue weighted by Gasteiger charge is 2.31. The van der Waals surface area contributed by atoms with Gasteiger partial charge in [0.25, 0.3) is 0 Å². The van der Waals surface area contributed by atoms with E-state index in [0.717, 1.165) is 0 Å². The van der Waals surface area contributed by atoms with E-state index in [0.29, 0.717) is 18.5 Å². The summed E-state index contributed by atoms with van der Waals surface area (Å²) < 4.78 is 0. The zero-order chi connectivity index (χ0) is 15.4. The summed E-state index contributed by atoms with van der Waals surface area (Å²) in [5.74, 6) is -1.33. The summed E-state index contributed by atoms with van der Waals surface area (Å²) in [5, 5.41) is 14.1. The molecular formula is C14H17N3O4. The van der Waals surface area contributed by atoms with Gasteiger partial charge in [-0.3, -0.25) is 4.79 Å². The van der Waals surface area contributed by atoms with Gasteiger partial charge >= 0.3 is 12.0 Å². The van der Waals surface area contributed by atoms with Crippen LogP contribution in [0.5, 0.6) is 0 Å². The molecule has 1 aromatic rings. The molecule has 0 saturated carbocycles. The summed E-state index contributed by atoms with van der Waals surface area (Å²) in [6, 6.07) is 5.97. The first-order valence-electron chi connectivity index (χ1n) is 6.59. The highest BCUT2D eigenvalue weighted by molar-refractivity contribution is 5.90. The van der Waals surface area contributed by atoms with Crippen molar-refractivity contribution in [3.8, 4) is 0 Å². The number of rotatable bonds is 4. The number of likely N-dealkylation sites (tertiary alicyclic amines) is 1. The predicted molar refractivity (Wildman–Crippen MR) is 74.5 cm³/mol. The van der Waals surface area contributed by atoms with Crippen molar-refractivity contribution < 1.29 is 19.5 Å². The molecule has 1 aliphatic rings. The van der Waals surface area contributed by atoms with Crippen molar-refractivity contribution in [2.24, 2.45) is 0 Å². The number of likely N-dealkylation sites (N-methyl/N-ethyl adjacent to an activating group) is 1. The summed E-state index contributed by atoms with van der Waals surface area (Å²) in [5.41, 5.74) is 0.468. The van der Waals surface area contributed by atoms with E-state index in [1.807, 2.05) is 0 Å². The van der Waals surface area contributed by atoms with E-state index in [9.17, 15) is 19.5 Å². The minimum absolute atomic E-state index is 0.170. The summed E-state index contributed by atoms with van der Waals surface area (Å²) >= 11 is 0. The van der Waals surface area contributed by atoms with Gasteiger partial charge in [-0.25, -0.2) is 9.59 Å². The standard InChI is InChI=1S/C14H17N3O4/c1-17-8-7-10(12(17)18)15-14(21)16-11(13(19)20)9-5-3-2-4-6-9/h2-6,10-11H,7-8H2,1H3,(H,19,20)(H2,15,16,21)/t10?,11-/m1/s1. The molecule has 21 heavy (non-hydrogen) atoms. The zero-order valence-electron chi connectivity index (χ0n) is 11.6. The van der Waals surface area contributed by atoms with Gasteiger partial charge in [-0.1, -0.05) is 30.3 Å². The van der Waals surface area contributed by atoms with E-state index in [-0.39, 0.29) is 5.91 Å². The molecule has 1 fully saturated rings. The number of benzene rings is 1. The van der Waals surface area contributed by atoms with Gasteiger partial charge in [0, 0.05) is 13.6 Å². The fraction of sp³-hybridized carbons (Fsp3) is 0.357. The van der Waals surface area contributed by atoms with E-state index in [1.165, 1.54) is 4.90 Å². The SMILES string of the molecule is CN1CCC(NC(=O)N[C@@H](C(=O)O)c2ccccc2)C1=O. The van der Waals surface area contributed by atoms with Crippen LogP contribution in [0.25, 0.3) is 0 Å². The lowest BCUT2D eigenvalue weighted by atomic mass is 10.1. The molecule has 0 aromatic heterocycles. The molecular weight excluding hydrogens is 274 g/mol. The van der Waals surface area contributed by atoms with Crippen LogP contribution in [-0.2, 0) is 9.59 Å². The van der Waals surface area contributed by atoms with Crippen molar-refractivity contribution in [3.63, 3.8) is 0 Å². The number of carbonyl (C=O) groups excluding carboxylic acids is 2. The lowest BCUT2D eigenvalue weighted by molar-refractivity contribution is -0.139. The van der Waals surface area contributed by atoms with Gasteiger partial charge in [0.1, 0.15) is 6.04 Å². The second-order valence-corrected chi connectivity index (χ2v) is 4.90. The highest BCUT2D eigenvalue weighted by atomic mass is 16.4. The molecule has 0 spiro atoms. The zero-order valence-corrected chi connectivity index (χ0v) is 11.6. The minimum Gasteiger partial charge on any atom is -0.479 e. The van der Waals surface area contributed by atoms with Gasteiger partial charge in [0.05, 0.1) is 0 Å². The number of carboxylic acid groups (broad SMARTS) is 1. The predicted octanol–water partition coefficient (Wildman–Crippen LogP) is 0.342. The summed E-state index contributed by atoms with van der Waals surface area (Å²) in [6.45, 7) is 0.574. The van der Waals surface area contributed by atoms with Gasteiger partial charge in [0.2, 0.25) is 5.91 Å². The van der Waals surface area contributed by atoms with Crippen LogP contribution in [0, 0.1) is 0 Å². The smallest absolute Gasteiger partial charge is 0.330 e. The van der Waals surface area contributed by atoms with Crippen LogP contribution in [0.1, 0.15) is 18.0 Å². The highest BCUT2D eigenvalue weighted by Crippen LogP contribution is 2.13. The minimum atomic E-state index is -1.16. The Balaban J connectivity index is 2.00. The third-order valence-corrected chi connectivity index (χ3v) is 3.39. The molecule has 1 saturated heterocycles. The lowest BCUT2D eigenvalue weighted by Crippen LogP contribution is -2.47. The topological polar surface area (TPSA) is 98.7 Å². The Morgan fingerprint density at radius 1 is 1.33 bits per heavy atom. The Kier molecular flexibility index (Phi) is 4.42. The molecule has 0 aliphatic carbocycles. The molecule has 2 rings (SSSR count). The summed E-state index contributed by atoms with van der Waals surface area (Å²) in [7, 11) is 1.66. The van der Waals surface area contributed by atoms with Crippen molar-refractivity contribution in [3.05, 3.63) is 35.9 Å². The monoisotopic (exact) mass is 291 g/mol. The number of hydrogen-bond donors (Lipinski definition) is 3. The van der Waals surface area contributed by atoms with E-state index >= 15 is 0 Å². The van der Waals surface area contributed by atoms with Crippen LogP contribution in [-0.4, -0.2) is 47.5 Å². The molecule has 3 N–H and O–H groups in total. The first-order chi connectivity index (χ1) is 9.99. The van der Waals surface area contributed by atoms with Crippen molar-refractivity contribution in [2.45, 2.75) is 18.5 Å². The first-order valence-corrected chi connectivity index (χ1v) is 6.59. The molecule has 1 heterocycles. The number of carboxylic acids is 1. The molecule has 1 aliphatic heterocycles. The average molecular weight is 291 g/mol. The number of nitrogens with zero attached hydrogens (tertiary/aromatic N) is 1. The van der Waals surface area contributed by atoms with E-state index in [2.05, 4.69) is 10.6 Å². The molecule has 0 bridgehead atoms. The molecule has 1 unspecified atom stereocenters. The van der Waals surface area contributed by atoms with E-state index in [1.54, 1.807) is 37.4 Å². The van der Waals surface area contributed by atoms with Crippen LogP contribution >= 0.6 is 0 Å². The maximum absolute atomic E-state index is 11.9. The number of amides is 3. The Labute approximate surface area is 121 Å². The molecule has 2 atom stereocenters. The molecule has 112 valence electrons. The van der Waals surface area contributed by atoms with Gasteiger partial charge in [-0.2, -0.15) is 0 Å². The van der Waals surface area contributed by atoms with Gasteiger partial charge in [-0.15, -0.1) is 0 Å². The van der Waals surface area contributed by atoms with Crippen LogP contribution < -0.4 is 10.6 Å². The fourth-order valence-corrected chi connectivity index (χ4v) is 2.22. The summed E-state index contributed by atoms with van der Waals surface area (Å²) in [6.07, 6.45) is 0.520. The number of aliphatic carboxylic acids is 1. The van der Waals surface area contributed by atoms with Gasteiger partial charge in [0.15, 0.2) is 6.04 Å². The largest absolute Gasteiger partial charge is 0.479 e. The lowest BCUT2D eigenvalue weighted by Gasteiger charge is -2.17. The maximum Gasteiger partial charge on any atom is 0.330 e. The van der Waals surface area contributed by atoms with Gasteiger partial charge in [-0.05, 0) is 12.0 Å². The van der Waals surface area contributed by atoms with Crippen LogP contribution in [0.4, 0.5) is 4.79 Å². The molecule has 0 radical (unpaired) electrons. The maximum atomic E-state index is 11.9. The Bertz CT molecular complexity index is 546. The van der Waals surface area contributed by atoms with Crippen molar-refractivity contribution in [2.75, 3.05) is 13.6 Å². The molecule has 1 aromatic carbocycles. The third kappa shape index (κ3) is 3.50. The van der Waals surface area contributed by atoms with Crippen molar-refractivity contribution >= 4 is 17.9 Å². The molecule has 7 nitrogen and oxygen atoms in total. The second-order valence-electron chi connectivity index (χ2n) is 4.90.